The minimum Gasteiger partial charge on any atom is -0.474 e. The van der Waals surface area contributed by atoms with Gasteiger partial charge in [0.05, 0.1) is 0 Å². The number of hydrogen-bond acceptors (Lipinski definition) is 4. The number of rotatable bonds is 9. The Bertz CT molecular complexity index is 781. The highest BCUT2D eigenvalue weighted by Gasteiger charge is 2.18. The third kappa shape index (κ3) is 6.89. The number of urea groups is 1. The van der Waals surface area contributed by atoms with Gasteiger partial charge in [0.2, 0.25) is 5.88 Å². The number of pyridine rings is 1. The molecule has 0 atom stereocenters. The first-order chi connectivity index (χ1) is 14.1. The Labute approximate surface area is 168 Å². The third-order valence-corrected chi connectivity index (χ3v) is 4.72. The molecular formula is C21H25F2N3O3. The Morgan fingerprint density at radius 1 is 1.14 bits per heavy atom. The van der Waals surface area contributed by atoms with Crippen molar-refractivity contribution >= 4 is 6.03 Å². The summed E-state index contributed by atoms with van der Waals surface area (Å²) in [7, 11) is 0. The molecule has 8 heteroatoms. The van der Waals surface area contributed by atoms with Crippen molar-refractivity contribution in [2.75, 3.05) is 6.54 Å². The molecule has 1 heterocycles. The maximum atomic E-state index is 12.1. The topological polar surface area (TPSA) is 72.5 Å². The van der Waals surface area contributed by atoms with E-state index in [1.807, 2.05) is 12.1 Å². The fourth-order valence-corrected chi connectivity index (χ4v) is 3.22. The minimum absolute atomic E-state index is 0.113. The molecule has 1 aromatic carbocycles. The Morgan fingerprint density at radius 3 is 2.62 bits per heavy atom. The lowest BCUT2D eigenvalue weighted by atomic mass is 10.1. The Kier molecular flexibility index (Phi) is 7.61. The van der Waals surface area contributed by atoms with Crippen molar-refractivity contribution in [2.45, 2.75) is 51.4 Å². The average Bonchev–Trinajstić information content (AvgIpc) is 3.21. The molecule has 1 fully saturated rings. The second kappa shape index (κ2) is 10.6. The molecule has 0 aliphatic heterocycles. The molecule has 2 amide bonds. The fourth-order valence-electron chi connectivity index (χ4n) is 3.22. The Hall–Kier alpha value is -2.90. The number of halogens is 2. The molecular weight excluding hydrogens is 380 g/mol. The SMILES string of the molecule is O=C(NCCc1ccc(OC(F)F)cc1)NCc1cccnc1OC1CCCC1. The summed E-state index contributed by atoms with van der Waals surface area (Å²) in [5.41, 5.74) is 1.75. The molecule has 1 aliphatic rings. The van der Waals surface area contributed by atoms with Crippen LogP contribution in [0, 0.1) is 0 Å². The van der Waals surface area contributed by atoms with Crippen molar-refractivity contribution in [1.82, 2.24) is 15.6 Å². The van der Waals surface area contributed by atoms with Gasteiger partial charge < -0.3 is 20.1 Å². The first kappa shape index (κ1) is 20.8. The second-order valence-electron chi connectivity index (χ2n) is 6.87. The lowest BCUT2D eigenvalue weighted by Gasteiger charge is -2.15. The molecule has 0 bridgehead atoms. The first-order valence-corrected chi connectivity index (χ1v) is 9.76. The maximum Gasteiger partial charge on any atom is 0.387 e. The summed E-state index contributed by atoms with van der Waals surface area (Å²) in [5.74, 6) is 0.687. The molecule has 0 spiro atoms. The van der Waals surface area contributed by atoms with Crippen LogP contribution in [0.1, 0.15) is 36.8 Å². The first-order valence-electron chi connectivity index (χ1n) is 9.76. The van der Waals surface area contributed by atoms with Crippen LogP contribution < -0.4 is 20.1 Å². The number of carbonyl (C=O) groups is 1. The molecule has 1 saturated carbocycles. The van der Waals surface area contributed by atoms with E-state index >= 15 is 0 Å². The summed E-state index contributed by atoms with van der Waals surface area (Å²) in [6, 6.07) is 9.77. The van der Waals surface area contributed by atoms with E-state index in [2.05, 4.69) is 20.4 Å². The van der Waals surface area contributed by atoms with Crippen LogP contribution in [-0.4, -0.2) is 30.3 Å². The smallest absolute Gasteiger partial charge is 0.387 e. The van der Waals surface area contributed by atoms with Crippen LogP contribution in [0.3, 0.4) is 0 Å². The van der Waals surface area contributed by atoms with E-state index in [1.165, 1.54) is 25.0 Å². The number of amides is 2. The van der Waals surface area contributed by atoms with Gasteiger partial charge in [-0.2, -0.15) is 8.78 Å². The van der Waals surface area contributed by atoms with Gasteiger partial charge in [0, 0.05) is 24.8 Å². The summed E-state index contributed by atoms with van der Waals surface area (Å²) >= 11 is 0. The largest absolute Gasteiger partial charge is 0.474 e. The zero-order chi connectivity index (χ0) is 20.5. The highest BCUT2D eigenvalue weighted by Crippen LogP contribution is 2.24. The van der Waals surface area contributed by atoms with Gasteiger partial charge in [0.1, 0.15) is 11.9 Å². The van der Waals surface area contributed by atoms with E-state index in [-0.39, 0.29) is 17.9 Å². The quantitative estimate of drug-likeness (QED) is 0.660. The van der Waals surface area contributed by atoms with Gasteiger partial charge >= 0.3 is 12.6 Å². The molecule has 0 saturated heterocycles. The number of nitrogens with zero attached hydrogens (tertiary/aromatic N) is 1. The summed E-state index contributed by atoms with van der Waals surface area (Å²) in [6.07, 6.45) is 6.90. The number of benzene rings is 1. The highest BCUT2D eigenvalue weighted by molar-refractivity contribution is 5.73. The average molecular weight is 405 g/mol. The molecule has 0 unspecified atom stereocenters. The van der Waals surface area contributed by atoms with E-state index in [9.17, 15) is 13.6 Å². The lowest BCUT2D eigenvalue weighted by molar-refractivity contribution is -0.0498. The zero-order valence-electron chi connectivity index (χ0n) is 16.1. The lowest BCUT2D eigenvalue weighted by Crippen LogP contribution is -2.36. The zero-order valence-corrected chi connectivity index (χ0v) is 16.1. The molecule has 6 nitrogen and oxygen atoms in total. The number of ether oxygens (including phenoxy) is 2. The van der Waals surface area contributed by atoms with Gasteiger partial charge in [0.15, 0.2) is 0 Å². The third-order valence-electron chi connectivity index (χ3n) is 4.72. The number of hydrogen-bond donors (Lipinski definition) is 2. The predicted molar refractivity (Wildman–Crippen MR) is 104 cm³/mol. The molecule has 156 valence electrons. The monoisotopic (exact) mass is 405 g/mol. The van der Waals surface area contributed by atoms with E-state index in [1.54, 1.807) is 18.3 Å². The molecule has 1 aliphatic carbocycles. The predicted octanol–water partition coefficient (Wildman–Crippen LogP) is 4.05. The van der Waals surface area contributed by atoms with Crippen molar-refractivity contribution in [3.8, 4) is 11.6 Å². The van der Waals surface area contributed by atoms with Crippen molar-refractivity contribution < 1.29 is 23.0 Å². The van der Waals surface area contributed by atoms with Gasteiger partial charge in [-0.15, -0.1) is 0 Å². The summed E-state index contributed by atoms with van der Waals surface area (Å²) < 4.78 is 34.6. The van der Waals surface area contributed by atoms with Gasteiger partial charge in [-0.1, -0.05) is 18.2 Å². The standard InChI is InChI=1S/C21H25F2N3O3/c22-20(23)29-18-9-7-15(8-10-18)11-13-25-21(27)26-14-16-4-3-12-24-19(16)28-17-5-1-2-6-17/h3-4,7-10,12,17,20H,1-2,5-6,11,13-14H2,(H2,25,26,27). The van der Waals surface area contributed by atoms with Gasteiger partial charge in [0.25, 0.3) is 0 Å². The van der Waals surface area contributed by atoms with Crippen LogP contribution in [0.2, 0.25) is 0 Å². The van der Waals surface area contributed by atoms with Gasteiger partial charge in [-0.25, -0.2) is 9.78 Å². The number of aromatic nitrogens is 1. The van der Waals surface area contributed by atoms with Crippen molar-refractivity contribution in [3.63, 3.8) is 0 Å². The molecule has 3 rings (SSSR count). The van der Waals surface area contributed by atoms with Crippen molar-refractivity contribution in [2.24, 2.45) is 0 Å². The Balaban J connectivity index is 1.40. The van der Waals surface area contributed by atoms with Crippen molar-refractivity contribution in [3.05, 3.63) is 53.7 Å². The normalized spacial score (nSPS) is 14.0. The van der Waals surface area contributed by atoms with Gasteiger partial charge in [-0.3, -0.25) is 0 Å². The molecule has 1 aromatic heterocycles. The number of carbonyl (C=O) groups excluding carboxylic acids is 1. The van der Waals surface area contributed by atoms with Crippen LogP contribution in [0.15, 0.2) is 42.6 Å². The number of nitrogens with one attached hydrogen (secondary N) is 2. The summed E-state index contributed by atoms with van der Waals surface area (Å²) in [4.78, 5) is 16.3. The van der Waals surface area contributed by atoms with E-state index in [4.69, 9.17) is 4.74 Å². The molecule has 0 radical (unpaired) electrons. The van der Waals surface area contributed by atoms with Crippen LogP contribution in [0.5, 0.6) is 11.6 Å². The van der Waals surface area contributed by atoms with Crippen LogP contribution in [0.4, 0.5) is 13.6 Å². The van der Waals surface area contributed by atoms with E-state index in [0.717, 1.165) is 24.0 Å². The number of alkyl halides is 2. The molecule has 2 aromatic rings. The van der Waals surface area contributed by atoms with Crippen LogP contribution in [0.25, 0.3) is 0 Å². The van der Waals surface area contributed by atoms with Crippen LogP contribution >= 0.6 is 0 Å². The fraction of sp³-hybridized carbons (Fsp3) is 0.429. The van der Waals surface area contributed by atoms with E-state index < -0.39 is 6.61 Å². The second-order valence-corrected chi connectivity index (χ2v) is 6.87. The Morgan fingerprint density at radius 2 is 1.90 bits per heavy atom. The summed E-state index contributed by atoms with van der Waals surface area (Å²) in [5, 5.41) is 5.59. The molecule has 2 N–H and O–H groups in total. The van der Waals surface area contributed by atoms with Gasteiger partial charge in [-0.05, 0) is 55.9 Å². The van der Waals surface area contributed by atoms with Crippen LogP contribution in [-0.2, 0) is 13.0 Å². The highest BCUT2D eigenvalue weighted by atomic mass is 19.3. The van der Waals surface area contributed by atoms with E-state index in [0.29, 0.717) is 25.4 Å². The van der Waals surface area contributed by atoms with Crippen molar-refractivity contribution in [1.29, 1.82) is 0 Å². The molecule has 29 heavy (non-hydrogen) atoms. The minimum atomic E-state index is -2.84. The summed E-state index contributed by atoms with van der Waals surface area (Å²) in [6.45, 7) is -2.10. The maximum absolute atomic E-state index is 12.1.